The zero-order valence-corrected chi connectivity index (χ0v) is 25.4. The van der Waals surface area contributed by atoms with Gasteiger partial charge >= 0.3 is 0 Å². The fourth-order valence-electron chi connectivity index (χ4n) is 6.74. The van der Waals surface area contributed by atoms with Crippen LogP contribution in [0.25, 0.3) is 60.9 Å². The summed E-state index contributed by atoms with van der Waals surface area (Å²) in [6, 6.07) is 35.2. The number of hydrogen-bond acceptors (Lipinski definition) is 6. The second kappa shape index (κ2) is 10.9. The lowest BCUT2D eigenvalue weighted by molar-refractivity contribution is 0.0926. The number of fused-ring (bicyclic) bond motifs is 4. The van der Waals surface area contributed by atoms with Crippen LogP contribution in [0.4, 0.5) is 5.69 Å². The highest BCUT2D eigenvalue weighted by atomic mass is 16.2. The van der Waals surface area contributed by atoms with Gasteiger partial charge in [-0.25, -0.2) is 24.8 Å². The van der Waals surface area contributed by atoms with Gasteiger partial charge in [0, 0.05) is 52.3 Å². The Labute approximate surface area is 274 Å². The molecule has 8 nitrogen and oxygen atoms in total. The van der Waals surface area contributed by atoms with E-state index in [4.69, 9.17) is 0 Å². The maximum absolute atomic E-state index is 14.5. The quantitative estimate of drug-likeness (QED) is 0.180. The van der Waals surface area contributed by atoms with E-state index in [1.54, 1.807) is 30.9 Å². The summed E-state index contributed by atoms with van der Waals surface area (Å²) in [7, 11) is 0. The summed E-state index contributed by atoms with van der Waals surface area (Å²) in [5.74, 6) is -0.709. The Kier molecular flexibility index (Phi) is 6.26. The van der Waals surface area contributed by atoms with Crippen LogP contribution in [0.5, 0.6) is 0 Å². The lowest BCUT2D eigenvalue weighted by atomic mass is 10.0. The van der Waals surface area contributed by atoms with E-state index in [9.17, 15) is 9.59 Å². The minimum absolute atomic E-state index is 0.348. The Morgan fingerprint density at radius 2 is 0.979 bits per heavy atom. The van der Waals surface area contributed by atoms with Gasteiger partial charge in [-0.1, -0.05) is 66.7 Å². The Balaban J connectivity index is 1.27. The third-order valence-corrected chi connectivity index (χ3v) is 8.92. The standard InChI is InChI=1S/C40H24N6O2/c47-39-31-10-6-12-37(38(31)40(48)46(39)34-11-5-4-9-30(34)25-7-2-1-3-8-25)45-35-15-13-26(28-19-41-23-42-20-28)17-32(35)33-18-27(14-16-36(33)45)29-21-43-24-44-22-29/h1-24H. The zero-order valence-electron chi connectivity index (χ0n) is 25.4. The summed E-state index contributed by atoms with van der Waals surface area (Å²) >= 11 is 0. The SMILES string of the molecule is O=C1c2cccc(-n3c4ccc(-c5cncnc5)cc4c4cc(-c5cncnc5)ccc43)c2C(=O)N1c1ccccc1-c1ccccc1. The molecule has 9 rings (SSSR count). The molecule has 0 bridgehead atoms. The normalized spacial score (nSPS) is 12.6. The van der Waals surface area contributed by atoms with Crippen LogP contribution in [0.3, 0.4) is 0 Å². The number of rotatable bonds is 5. The van der Waals surface area contributed by atoms with E-state index in [2.05, 4.69) is 36.6 Å². The number of nitrogens with zero attached hydrogens (tertiary/aromatic N) is 6. The molecule has 1 aliphatic rings. The Morgan fingerprint density at radius 1 is 0.438 bits per heavy atom. The molecule has 1 aliphatic heterocycles. The molecular formula is C40H24N6O2. The second-order valence-electron chi connectivity index (χ2n) is 11.6. The summed E-state index contributed by atoms with van der Waals surface area (Å²) in [6.45, 7) is 0. The van der Waals surface area contributed by atoms with Gasteiger partial charge in [0.2, 0.25) is 0 Å². The number of imide groups is 1. The van der Waals surface area contributed by atoms with Crippen LogP contribution in [0.15, 0.2) is 147 Å². The molecule has 0 spiro atoms. The molecular weight excluding hydrogens is 596 g/mol. The molecule has 0 saturated heterocycles. The van der Waals surface area contributed by atoms with Gasteiger partial charge in [0.25, 0.3) is 11.8 Å². The van der Waals surface area contributed by atoms with Gasteiger partial charge in [-0.3, -0.25) is 9.59 Å². The summed E-state index contributed by atoms with van der Waals surface area (Å²) in [5.41, 5.74) is 9.14. The first-order chi connectivity index (χ1) is 23.7. The molecule has 0 fully saturated rings. The van der Waals surface area contributed by atoms with Gasteiger partial charge in [0.1, 0.15) is 12.7 Å². The highest BCUT2D eigenvalue weighted by Gasteiger charge is 2.40. The minimum atomic E-state index is -0.361. The molecule has 2 amide bonds. The first-order valence-corrected chi connectivity index (χ1v) is 15.4. The summed E-state index contributed by atoms with van der Waals surface area (Å²) < 4.78 is 2.08. The predicted octanol–water partition coefficient (Wildman–Crippen LogP) is 8.17. The highest BCUT2D eigenvalue weighted by molar-refractivity contribution is 6.36. The Morgan fingerprint density at radius 3 is 1.60 bits per heavy atom. The summed E-state index contributed by atoms with van der Waals surface area (Å²) in [4.78, 5) is 46.8. The number of carbonyl (C=O) groups excluding carboxylic acids is 2. The van der Waals surface area contributed by atoms with Gasteiger partial charge in [0.05, 0.1) is 33.5 Å². The van der Waals surface area contributed by atoms with Crippen LogP contribution in [0.1, 0.15) is 20.7 Å². The predicted molar refractivity (Wildman–Crippen MR) is 186 cm³/mol. The molecule has 226 valence electrons. The average Bonchev–Trinajstić information content (AvgIpc) is 3.62. The van der Waals surface area contributed by atoms with Gasteiger partial charge in [0.15, 0.2) is 0 Å². The number of anilines is 1. The van der Waals surface area contributed by atoms with Gasteiger partial charge in [-0.15, -0.1) is 0 Å². The molecule has 0 atom stereocenters. The van der Waals surface area contributed by atoms with Crippen LogP contribution in [0.2, 0.25) is 0 Å². The topological polar surface area (TPSA) is 93.9 Å². The van der Waals surface area contributed by atoms with E-state index in [0.29, 0.717) is 22.5 Å². The van der Waals surface area contributed by atoms with E-state index in [1.165, 1.54) is 17.6 Å². The fourth-order valence-corrected chi connectivity index (χ4v) is 6.74. The van der Waals surface area contributed by atoms with Crippen LogP contribution < -0.4 is 4.90 Å². The molecule has 8 aromatic rings. The van der Waals surface area contributed by atoms with E-state index in [-0.39, 0.29) is 11.8 Å². The molecule has 3 aromatic heterocycles. The summed E-state index contributed by atoms with van der Waals surface area (Å²) in [6.07, 6.45) is 10.2. The molecule has 0 unspecified atom stereocenters. The molecule has 0 N–H and O–H groups in total. The van der Waals surface area contributed by atoms with Crippen LogP contribution in [-0.4, -0.2) is 36.3 Å². The van der Waals surface area contributed by atoms with Gasteiger partial charge in [-0.05, 0) is 59.2 Å². The zero-order chi connectivity index (χ0) is 32.2. The van der Waals surface area contributed by atoms with E-state index in [0.717, 1.165) is 55.2 Å². The van der Waals surface area contributed by atoms with E-state index >= 15 is 0 Å². The van der Waals surface area contributed by atoms with Crippen molar-refractivity contribution >= 4 is 39.3 Å². The summed E-state index contributed by atoms with van der Waals surface area (Å²) in [5, 5.41) is 1.96. The average molecular weight is 621 g/mol. The molecule has 0 radical (unpaired) electrons. The van der Waals surface area contributed by atoms with Crippen LogP contribution in [-0.2, 0) is 0 Å². The lowest BCUT2D eigenvalue weighted by Crippen LogP contribution is -2.30. The van der Waals surface area contributed by atoms with Crippen LogP contribution in [0, 0.1) is 0 Å². The molecule has 0 saturated carbocycles. The molecule has 48 heavy (non-hydrogen) atoms. The molecule has 5 aromatic carbocycles. The smallest absolute Gasteiger partial charge is 0.268 e. The number of hydrogen-bond donors (Lipinski definition) is 0. The Bertz CT molecular complexity index is 2450. The monoisotopic (exact) mass is 620 g/mol. The maximum atomic E-state index is 14.5. The number of benzene rings is 5. The fraction of sp³-hybridized carbons (Fsp3) is 0. The maximum Gasteiger partial charge on any atom is 0.268 e. The Hall–Kier alpha value is -6.80. The van der Waals surface area contributed by atoms with Crippen molar-refractivity contribution in [2.45, 2.75) is 0 Å². The largest absolute Gasteiger partial charge is 0.308 e. The second-order valence-corrected chi connectivity index (χ2v) is 11.6. The van der Waals surface area contributed by atoms with Crippen molar-refractivity contribution in [2.75, 3.05) is 4.90 Å². The minimum Gasteiger partial charge on any atom is -0.308 e. The van der Waals surface area contributed by atoms with Crippen molar-refractivity contribution in [3.8, 4) is 39.1 Å². The number of para-hydroxylation sites is 1. The van der Waals surface area contributed by atoms with Crippen molar-refractivity contribution < 1.29 is 9.59 Å². The highest BCUT2D eigenvalue weighted by Crippen LogP contribution is 2.41. The molecule has 4 heterocycles. The number of amides is 2. The van der Waals surface area contributed by atoms with Gasteiger partial charge in [-0.2, -0.15) is 0 Å². The van der Waals surface area contributed by atoms with Crippen molar-refractivity contribution in [1.82, 2.24) is 24.5 Å². The third-order valence-electron chi connectivity index (χ3n) is 8.92. The molecule has 0 aliphatic carbocycles. The molecule has 8 heteroatoms. The number of carbonyl (C=O) groups is 2. The van der Waals surface area contributed by atoms with Crippen LogP contribution >= 0.6 is 0 Å². The third kappa shape index (κ3) is 4.24. The van der Waals surface area contributed by atoms with E-state index < -0.39 is 0 Å². The van der Waals surface area contributed by atoms with E-state index in [1.807, 2.05) is 91.0 Å². The first kappa shape index (κ1) is 27.5. The van der Waals surface area contributed by atoms with Crippen molar-refractivity contribution in [3.63, 3.8) is 0 Å². The number of aromatic nitrogens is 5. The van der Waals surface area contributed by atoms with Gasteiger partial charge < -0.3 is 4.57 Å². The van der Waals surface area contributed by atoms with Crippen molar-refractivity contribution in [3.05, 3.63) is 158 Å². The first-order valence-electron chi connectivity index (χ1n) is 15.4. The van der Waals surface area contributed by atoms with Crippen molar-refractivity contribution in [2.24, 2.45) is 0 Å². The van der Waals surface area contributed by atoms with Crippen molar-refractivity contribution in [1.29, 1.82) is 0 Å². The lowest BCUT2D eigenvalue weighted by Gasteiger charge is -2.18.